The van der Waals surface area contributed by atoms with Gasteiger partial charge in [-0.15, -0.1) is 11.3 Å². The summed E-state index contributed by atoms with van der Waals surface area (Å²) in [4.78, 5) is 26.6. The highest BCUT2D eigenvalue weighted by Crippen LogP contribution is 2.28. The average molecular weight is 359 g/mol. The fourth-order valence-electron chi connectivity index (χ4n) is 2.92. The smallest absolute Gasteiger partial charge is 0.315 e. The number of aryl methyl sites for hydroxylation is 2. The van der Waals surface area contributed by atoms with Crippen molar-refractivity contribution >= 4 is 23.2 Å². The topological polar surface area (TPSA) is 66.4 Å². The number of aliphatic carboxylic acids is 1. The Morgan fingerprint density at radius 2 is 1.88 bits per heavy atom. The van der Waals surface area contributed by atoms with Gasteiger partial charge in [0.15, 0.2) is 0 Å². The van der Waals surface area contributed by atoms with E-state index in [1.807, 2.05) is 37.3 Å². The number of carboxylic acid groups (broad SMARTS) is 1. The Morgan fingerprint density at radius 3 is 2.44 bits per heavy atom. The van der Waals surface area contributed by atoms with E-state index in [0.29, 0.717) is 12.8 Å². The van der Waals surface area contributed by atoms with E-state index >= 15 is 0 Å². The molecule has 0 bridgehead atoms. The number of thiophene rings is 1. The highest BCUT2D eigenvalue weighted by molar-refractivity contribution is 7.11. The van der Waals surface area contributed by atoms with Crippen molar-refractivity contribution in [2.24, 2.45) is 0 Å². The van der Waals surface area contributed by atoms with Crippen LogP contribution in [0.1, 0.15) is 41.5 Å². The van der Waals surface area contributed by atoms with Crippen molar-refractivity contribution in [2.45, 2.75) is 44.9 Å². The quantitative estimate of drug-likeness (QED) is 0.713. The molecule has 1 amide bonds. The third-order valence-corrected chi connectivity index (χ3v) is 5.61. The number of hydrogen-bond acceptors (Lipinski definition) is 3. The maximum atomic E-state index is 12.2. The first-order valence-electron chi connectivity index (χ1n) is 8.59. The highest BCUT2D eigenvalue weighted by Gasteiger charge is 2.38. The zero-order valence-corrected chi connectivity index (χ0v) is 15.6. The van der Waals surface area contributed by atoms with Gasteiger partial charge < -0.3 is 10.4 Å². The molecular formula is C20H25NO3S. The van der Waals surface area contributed by atoms with Gasteiger partial charge in [-0.1, -0.05) is 37.3 Å². The van der Waals surface area contributed by atoms with Crippen molar-refractivity contribution in [3.63, 3.8) is 0 Å². The highest BCUT2D eigenvalue weighted by atomic mass is 32.1. The van der Waals surface area contributed by atoms with Gasteiger partial charge in [0, 0.05) is 22.7 Å². The number of carboxylic acids is 1. The SMILES string of the molecule is CCC(CNC(=O)CCCc1ccc(C)s1)(C(=O)O)c1ccccc1. The third-order valence-electron chi connectivity index (χ3n) is 4.55. The summed E-state index contributed by atoms with van der Waals surface area (Å²) >= 11 is 1.75. The summed E-state index contributed by atoms with van der Waals surface area (Å²) in [6, 6.07) is 13.3. The van der Waals surface area contributed by atoms with Crippen LogP contribution in [0.5, 0.6) is 0 Å². The molecule has 0 aliphatic heterocycles. The van der Waals surface area contributed by atoms with Crippen molar-refractivity contribution in [2.75, 3.05) is 6.54 Å². The van der Waals surface area contributed by atoms with Crippen molar-refractivity contribution in [3.8, 4) is 0 Å². The van der Waals surface area contributed by atoms with Crippen molar-refractivity contribution in [1.29, 1.82) is 0 Å². The van der Waals surface area contributed by atoms with Crippen molar-refractivity contribution < 1.29 is 14.7 Å². The molecule has 0 fully saturated rings. The number of benzene rings is 1. The third kappa shape index (κ3) is 4.92. The lowest BCUT2D eigenvalue weighted by Crippen LogP contribution is -2.46. The minimum absolute atomic E-state index is 0.0942. The molecule has 0 saturated carbocycles. The van der Waals surface area contributed by atoms with E-state index in [4.69, 9.17) is 0 Å². The Bertz CT molecular complexity index is 711. The number of carbonyl (C=O) groups is 2. The second-order valence-electron chi connectivity index (χ2n) is 6.25. The average Bonchev–Trinajstić information content (AvgIpc) is 3.02. The Labute approximate surface area is 152 Å². The summed E-state index contributed by atoms with van der Waals surface area (Å²) in [5.74, 6) is -1.00. The molecule has 2 rings (SSSR count). The van der Waals surface area contributed by atoms with E-state index in [1.165, 1.54) is 9.75 Å². The van der Waals surface area contributed by atoms with E-state index < -0.39 is 11.4 Å². The fourth-order valence-corrected chi connectivity index (χ4v) is 3.85. The van der Waals surface area contributed by atoms with Crippen LogP contribution in [0.25, 0.3) is 0 Å². The molecule has 1 heterocycles. The Kier molecular flexibility index (Phi) is 6.76. The molecule has 25 heavy (non-hydrogen) atoms. The molecule has 0 aliphatic rings. The molecule has 2 aromatic rings. The summed E-state index contributed by atoms with van der Waals surface area (Å²) < 4.78 is 0. The van der Waals surface area contributed by atoms with Crippen LogP contribution >= 0.6 is 11.3 Å². The largest absolute Gasteiger partial charge is 0.481 e. The van der Waals surface area contributed by atoms with Gasteiger partial charge in [-0.05, 0) is 43.9 Å². The molecule has 2 N–H and O–H groups in total. The van der Waals surface area contributed by atoms with Crippen LogP contribution in [0, 0.1) is 6.92 Å². The van der Waals surface area contributed by atoms with E-state index in [0.717, 1.165) is 18.4 Å². The van der Waals surface area contributed by atoms with Gasteiger partial charge in [0.1, 0.15) is 5.41 Å². The summed E-state index contributed by atoms with van der Waals surface area (Å²) in [7, 11) is 0. The lowest BCUT2D eigenvalue weighted by molar-refractivity contribution is -0.144. The molecule has 1 aromatic heterocycles. The van der Waals surface area contributed by atoms with Crippen LogP contribution in [0.4, 0.5) is 0 Å². The molecule has 5 heteroatoms. The van der Waals surface area contributed by atoms with Gasteiger partial charge in [-0.3, -0.25) is 9.59 Å². The van der Waals surface area contributed by atoms with E-state index in [2.05, 4.69) is 24.4 Å². The van der Waals surface area contributed by atoms with E-state index in [-0.39, 0.29) is 12.5 Å². The molecule has 1 aromatic carbocycles. The zero-order chi connectivity index (χ0) is 18.3. The molecular weight excluding hydrogens is 334 g/mol. The lowest BCUT2D eigenvalue weighted by Gasteiger charge is -2.29. The predicted molar refractivity (Wildman–Crippen MR) is 101 cm³/mol. The second kappa shape index (κ2) is 8.81. The number of amides is 1. The number of rotatable bonds is 9. The number of hydrogen-bond donors (Lipinski definition) is 2. The van der Waals surface area contributed by atoms with Gasteiger partial charge in [-0.2, -0.15) is 0 Å². The van der Waals surface area contributed by atoms with Crippen LogP contribution in [0.3, 0.4) is 0 Å². The molecule has 134 valence electrons. The van der Waals surface area contributed by atoms with Gasteiger partial charge in [0.2, 0.25) is 5.91 Å². The fraction of sp³-hybridized carbons (Fsp3) is 0.400. The molecule has 0 radical (unpaired) electrons. The zero-order valence-electron chi connectivity index (χ0n) is 14.7. The first-order valence-corrected chi connectivity index (χ1v) is 9.40. The van der Waals surface area contributed by atoms with Crippen LogP contribution in [0.15, 0.2) is 42.5 Å². The van der Waals surface area contributed by atoms with Crippen LogP contribution < -0.4 is 5.32 Å². The summed E-state index contributed by atoms with van der Waals surface area (Å²) in [6.45, 7) is 4.02. The van der Waals surface area contributed by atoms with Crippen LogP contribution in [-0.2, 0) is 21.4 Å². The first-order chi connectivity index (χ1) is 12.0. The van der Waals surface area contributed by atoms with Crippen molar-refractivity contribution in [1.82, 2.24) is 5.32 Å². The number of carbonyl (C=O) groups excluding carboxylic acids is 1. The summed E-state index contributed by atoms with van der Waals surface area (Å²) in [6.07, 6.45) is 2.47. The maximum absolute atomic E-state index is 12.2. The van der Waals surface area contributed by atoms with Gasteiger partial charge in [0.05, 0.1) is 0 Å². The molecule has 0 aliphatic carbocycles. The standard InChI is InChI=1S/C20H25NO3S/c1-3-20(19(23)24,16-8-5-4-6-9-16)14-21-18(22)11-7-10-17-13-12-15(2)25-17/h4-6,8-9,12-13H,3,7,10-11,14H2,1-2H3,(H,21,22)(H,23,24). The summed E-state index contributed by atoms with van der Waals surface area (Å²) in [5, 5.41) is 12.6. The molecule has 0 saturated heterocycles. The minimum atomic E-state index is -1.08. The van der Waals surface area contributed by atoms with Crippen LogP contribution in [-0.4, -0.2) is 23.5 Å². The lowest BCUT2D eigenvalue weighted by atomic mass is 9.78. The molecule has 0 spiro atoms. The number of nitrogens with one attached hydrogen (secondary N) is 1. The normalized spacial score (nSPS) is 13.2. The summed E-state index contributed by atoms with van der Waals surface area (Å²) in [5.41, 5.74) is -0.360. The monoisotopic (exact) mass is 359 g/mol. The second-order valence-corrected chi connectivity index (χ2v) is 7.62. The predicted octanol–water partition coefficient (Wildman–Crippen LogP) is 3.93. The molecule has 1 unspecified atom stereocenters. The first kappa shape index (κ1) is 19.2. The Hall–Kier alpha value is -2.14. The minimum Gasteiger partial charge on any atom is -0.481 e. The van der Waals surface area contributed by atoms with Crippen LogP contribution in [0.2, 0.25) is 0 Å². The Balaban J connectivity index is 1.91. The van der Waals surface area contributed by atoms with Crippen molar-refractivity contribution in [3.05, 3.63) is 57.8 Å². The van der Waals surface area contributed by atoms with E-state index in [1.54, 1.807) is 11.3 Å². The molecule has 1 atom stereocenters. The van der Waals surface area contributed by atoms with Gasteiger partial charge >= 0.3 is 5.97 Å². The van der Waals surface area contributed by atoms with Gasteiger partial charge in [-0.25, -0.2) is 0 Å². The van der Waals surface area contributed by atoms with Gasteiger partial charge in [0.25, 0.3) is 0 Å². The van der Waals surface area contributed by atoms with E-state index in [9.17, 15) is 14.7 Å². The Morgan fingerprint density at radius 1 is 1.16 bits per heavy atom. The molecule has 4 nitrogen and oxygen atoms in total. The maximum Gasteiger partial charge on any atom is 0.315 e.